The predicted molar refractivity (Wildman–Crippen MR) is 103 cm³/mol. The minimum Gasteiger partial charge on any atom is -0.491 e. The smallest absolute Gasteiger partial charge is 0.164 e. The maximum Gasteiger partial charge on any atom is 0.164 e. The molecule has 0 aromatic heterocycles. The minimum absolute atomic E-state index is 0.0818. The number of piperazine rings is 1. The number of rotatable bonds is 4. The van der Waals surface area contributed by atoms with Crippen molar-refractivity contribution in [2.75, 3.05) is 26.2 Å². The molecule has 0 amide bonds. The molecule has 2 aliphatic rings. The van der Waals surface area contributed by atoms with Gasteiger partial charge >= 0.3 is 0 Å². The number of para-hydroxylation sites is 1. The molecule has 4 rings (SSSR count). The highest BCUT2D eigenvalue weighted by molar-refractivity contribution is 5.37. The number of benzene rings is 2. The van der Waals surface area contributed by atoms with Crippen LogP contribution in [0.15, 0.2) is 36.4 Å². The highest BCUT2D eigenvalue weighted by atomic mass is 19.2. The third kappa shape index (κ3) is 3.77. The van der Waals surface area contributed by atoms with Crippen LogP contribution in [0.2, 0.25) is 0 Å². The van der Waals surface area contributed by atoms with Gasteiger partial charge < -0.3 is 14.8 Å². The van der Waals surface area contributed by atoms with Crippen LogP contribution >= 0.6 is 0 Å². The lowest BCUT2D eigenvalue weighted by atomic mass is 9.95. The number of hydrogen-bond acceptors (Lipinski definition) is 4. The van der Waals surface area contributed by atoms with Crippen LogP contribution in [0.4, 0.5) is 8.78 Å². The Balaban J connectivity index is 1.59. The van der Waals surface area contributed by atoms with E-state index in [-0.39, 0.29) is 24.8 Å². The molecule has 2 atom stereocenters. The molecule has 0 unspecified atom stereocenters. The number of hydrogen-bond donors (Lipinski definition) is 1. The molecule has 0 radical (unpaired) electrons. The van der Waals surface area contributed by atoms with Crippen LogP contribution in [-0.2, 0) is 11.3 Å². The Morgan fingerprint density at radius 1 is 1.14 bits per heavy atom. The molecule has 1 fully saturated rings. The van der Waals surface area contributed by atoms with Gasteiger partial charge in [0.2, 0.25) is 0 Å². The van der Waals surface area contributed by atoms with Gasteiger partial charge in [-0.15, -0.1) is 0 Å². The van der Waals surface area contributed by atoms with Gasteiger partial charge in [-0.3, -0.25) is 4.90 Å². The molecule has 1 saturated heterocycles. The van der Waals surface area contributed by atoms with E-state index in [1.807, 2.05) is 32.0 Å². The van der Waals surface area contributed by atoms with Gasteiger partial charge in [0.15, 0.2) is 11.6 Å². The molecule has 2 heterocycles. The molecule has 2 aliphatic heterocycles. The fourth-order valence-corrected chi connectivity index (χ4v) is 4.12. The van der Waals surface area contributed by atoms with Crippen molar-refractivity contribution < 1.29 is 18.3 Å². The van der Waals surface area contributed by atoms with Gasteiger partial charge in [-0.1, -0.05) is 24.3 Å². The summed E-state index contributed by atoms with van der Waals surface area (Å²) in [5.74, 6) is -0.726. The molecule has 4 nitrogen and oxygen atoms in total. The van der Waals surface area contributed by atoms with Crippen molar-refractivity contribution in [1.29, 1.82) is 0 Å². The van der Waals surface area contributed by atoms with E-state index in [0.29, 0.717) is 12.2 Å². The van der Waals surface area contributed by atoms with Crippen LogP contribution in [-0.4, -0.2) is 37.2 Å². The second-order valence-electron chi connectivity index (χ2n) is 7.67. The summed E-state index contributed by atoms with van der Waals surface area (Å²) in [7, 11) is 0. The van der Waals surface area contributed by atoms with Crippen molar-refractivity contribution in [3.63, 3.8) is 0 Å². The normalized spacial score (nSPS) is 22.9. The summed E-state index contributed by atoms with van der Waals surface area (Å²) in [4.78, 5) is 2.29. The Morgan fingerprint density at radius 2 is 1.96 bits per heavy atom. The van der Waals surface area contributed by atoms with E-state index in [1.165, 1.54) is 6.07 Å². The molecular formula is C22H26F2N2O2. The van der Waals surface area contributed by atoms with E-state index in [4.69, 9.17) is 9.47 Å². The fourth-order valence-electron chi connectivity index (χ4n) is 4.12. The average Bonchev–Trinajstić information content (AvgIpc) is 2.70. The Labute approximate surface area is 164 Å². The second kappa shape index (κ2) is 8.15. The molecule has 2 aromatic rings. The molecule has 0 aliphatic carbocycles. The van der Waals surface area contributed by atoms with Gasteiger partial charge in [-0.25, -0.2) is 8.78 Å². The average molecular weight is 388 g/mol. The van der Waals surface area contributed by atoms with Gasteiger partial charge in [0.05, 0.1) is 25.4 Å². The highest BCUT2D eigenvalue weighted by Gasteiger charge is 2.33. The van der Waals surface area contributed by atoms with Gasteiger partial charge in [0.1, 0.15) is 5.75 Å². The van der Waals surface area contributed by atoms with Gasteiger partial charge in [-0.05, 0) is 31.5 Å². The van der Waals surface area contributed by atoms with Gasteiger partial charge in [-0.2, -0.15) is 0 Å². The van der Waals surface area contributed by atoms with Crippen LogP contribution in [0.5, 0.6) is 5.75 Å². The summed E-state index contributed by atoms with van der Waals surface area (Å²) in [6, 6.07) is 11.0. The first-order chi connectivity index (χ1) is 13.5. The molecule has 6 heteroatoms. The molecule has 0 spiro atoms. The zero-order chi connectivity index (χ0) is 19.7. The van der Waals surface area contributed by atoms with Crippen molar-refractivity contribution in [3.05, 3.63) is 64.7 Å². The zero-order valence-corrected chi connectivity index (χ0v) is 16.3. The lowest BCUT2D eigenvalue weighted by molar-refractivity contribution is 0.0184. The van der Waals surface area contributed by atoms with Crippen LogP contribution in [0, 0.1) is 11.6 Å². The van der Waals surface area contributed by atoms with Crippen molar-refractivity contribution >= 4 is 0 Å². The largest absolute Gasteiger partial charge is 0.491 e. The molecule has 2 aromatic carbocycles. The van der Waals surface area contributed by atoms with Crippen molar-refractivity contribution in [2.45, 2.75) is 38.6 Å². The minimum atomic E-state index is -0.819. The van der Waals surface area contributed by atoms with Crippen LogP contribution in [0.1, 0.15) is 42.6 Å². The van der Waals surface area contributed by atoms with Crippen LogP contribution in [0.25, 0.3) is 0 Å². The number of halogens is 2. The van der Waals surface area contributed by atoms with E-state index < -0.39 is 11.6 Å². The number of ether oxygens (including phenoxy) is 2. The number of nitrogens with one attached hydrogen (secondary N) is 1. The fraction of sp³-hybridized carbons (Fsp3) is 0.455. The van der Waals surface area contributed by atoms with Crippen molar-refractivity contribution in [3.8, 4) is 5.75 Å². The van der Waals surface area contributed by atoms with Crippen molar-refractivity contribution in [1.82, 2.24) is 10.2 Å². The summed E-state index contributed by atoms with van der Waals surface area (Å²) < 4.78 is 39.5. The van der Waals surface area contributed by atoms with Gasteiger partial charge in [0, 0.05) is 36.8 Å². The van der Waals surface area contributed by atoms with E-state index in [0.717, 1.165) is 36.5 Å². The van der Waals surface area contributed by atoms with Crippen LogP contribution < -0.4 is 10.1 Å². The summed E-state index contributed by atoms with van der Waals surface area (Å²) in [6.07, 6.45) is 0.0948. The molecule has 1 N–H and O–H groups in total. The first-order valence-electron chi connectivity index (χ1n) is 9.82. The lowest BCUT2D eigenvalue weighted by Crippen LogP contribution is -2.49. The Bertz CT molecular complexity index is 843. The summed E-state index contributed by atoms with van der Waals surface area (Å²) in [5.41, 5.74) is 2.29. The van der Waals surface area contributed by atoms with Crippen LogP contribution in [0.3, 0.4) is 0 Å². The van der Waals surface area contributed by atoms with E-state index in [9.17, 15) is 8.78 Å². The quantitative estimate of drug-likeness (QED) is 0.859. The monoisotopic (exact) mass is 388 g/mol. The first-order valence-corrected chi connectivity index (χ1v) is 9.82. The van der Waals surface area contributed by atoms with E-state index in [1.54, 1.807) is 6.07 Å². The maximum atomic E-state index is 14.2. The summed E-state index contributed by atoms with van der Waals surface area (Å²) >= 11 is 0. The topological polar surface area (TPSA) is 33.7 Å². The van der Waals surface area contributed by atoms with E-state index in [2.05, 4.69) is 16.3 Å². The number of fused-ring (bicyclic) bond motifs is 1. The molecule has 28 heavy (non-hydrogen) atoms. The number of nitrogens with zero attached hydrogens (tertiary/aromatic N) is 1. The summed E-state index contributed by atoms with van der Waals surface area (Å²) in [6.45, 7) is 6.99. The molecule has 150 valence electrons. The Morgan fingerprint density at radius 3 is 2.79 bits per heavy atom. The maximum absolute atomic E-state index is 14.2. The predicted octanol–water partition coefficient (Wildman–Crippen LogP) is 3.97. The standard InChI is InChI=1S/C22H26F2N2O2/c1-14(2)28-21-6-4-3-5-16(21)19-11-26(10-9-25-19)20-13-27-12-17-15(20)7-8-18(23)22(17)24/h3-8,14,19-20,25H,9-13H2,1-2H3/t19-,20-/m0/s1. The second-order valence-corrected chi connectivity index (χ2v) is 7.67. The third-order valence-electron chi connectivity index (χ3n) is 5.42. The Hall–Kier alpha value is -2.02. The SMILES string of the molecule is CC(C)Oc1ccccc1[C@@H]1CN([C@H]2COCc3c2ccc(F)c3F)CCN1. The molecule has 0 saturated carbocycles. The molecular weight excluding hydrogens is 362 g/mol. The van der Waals surface area contributed by atoms with Gasteiger partial charge in [0.25, 0.3) is 0 Å². The lowest BCUT2D eigenvalue weighted by Gasteiger charge is -2.41. The first kappa shape index (κ1) is 19.3. The summed E-state index contributed by atoms with van der Waals surface area (Å²) in [5, 5.41) is 3.57. The highest BCUT2D eigenvalue weighted by Crippen LogP contribution is 2.35. The Kier molecular flexibility index (Phi) is 5.62. The third-order valence-corrected chi connectivity index (χ3v) is 5.42. The molecule has 0 bridgehead atoms. The van der Waals surface area contributed by atoms with E-state index >= 15 is 0 Å². The zero-order valence-electron chi connectivity index (χ0n) is 16.3. The van der Waals surface area contributed by atoms with Crippen molar-refractivity contribution in [2.24, 2.45) is 0 Å².